The lowest BCUT2D eigenvalue weighted by Crippen LogP contribution is -1.81. The number of rotatable bonds is 1. The molecular formula is C9H8BrClS. The molecule has 1 aromatic rings. The van der Waals surface area contributed by atoms with E-state index in [4.69, 9.17) is 11.6 Å². The molecule has 0 saturated heterocycles. The summed E-state index contributed by atoms with van der Waals surface area (Å²) >= 11 is 11.2. The highest BCUT2D eigenvalue weighted by molar-refractivity contribution is 9.10. The molecule has 2 rings (SSSR count). The fraction of sp³-hybridized carbons (Fsp3) is 0.333. The van der Waals surface area contributed by atoms with Crippen LogP contribution in [0.25, 0.3) is 5.57 Å². The second kappa shape index (κ2) is 3.52. The Morgan fingerprint density at radius 2 is 2.33 bits per heavy atom. The van der Waals surface area contributed by atoms with Crippen LogP contribution >= 0.6 is 38.9 Å². The van der Waals surface area contributed by atoms with E-state index in [0.717, 1.165) is 12.8 Å². The van der Waals surface area contributed by atoms with Gasteiger partial charge in [0.05, 0.1) is 5.38 Å². The molecule has 1 aliphatic rings. The van der Waals surface area contributed by atoms with Crippen LogP contribution in [0.1, 0.15) is 18.4 Å². The van der Waals surface area contributed by atoms with Gasteiger partial charge in [-0.15, -0.1) is 11.6 Å². The minimum Gasteiger partial charge on any atom is -0.151 e. The quantitative estimate of drug-likeness (QED) is 0.663. The first-order valence-corrected chi connectivity index (χ1v) is 6.01. The monoisotopic (exact) mass is 262 g/mol. The number of allylic oxidation sites excluding steroid dienone is 2. The summed E-state index contributed by atoms with van der Waals surface area (Å²) in [7, 11) is 0. The molecule has 3 heteroatoms. The van der Waals surface area contributed by atoms with Crippen LogP contribution in [0.2, 0.25) is 0 Å². The summed E-state index contributed by atoms with van der Waals surface area (Å²) in [5.74, 6) is 0. The normalized spacial score (nSPS) is 22.8. The molecule has 64 valence electrons. The molecule has 0 radical (unpaired) electrons. The predicted molar refractivity (Wildman–Crippen MR) is 58.9 cm³/mol. The fourth-order valence-electron chi connectivity index (χ4n) is 1.41. The number of hydrogen-bond donors (Lipinski definition) is 0. The number of alkyl halides is 1. The molecule has 1 unspecified atom stereocenters. The van der Waals surface area contributed by atoms with Crippen molar-refractivity contribution in [3.8, 4) is 0 Å². The average molecular weight is 264 g/mol. The first-order valence-electron chi connectivity index (χ1n) is 3.84. The SMILES string of the molecule is ClC1C=C(c2cscc2Br)CC1. The molecule has 0 aromatic carbocycles. The van der Waals surface area contributed by atoms with Gasteiger partial charge in [0.2, 0.25) is 0 Å². The zero-order chi connectivity index (χ0) is 8.55. The van der Waals surface area contributed by atoms with Crippen LogP contribution in [0, 0.1) is 0 Å². The van der Waals surface area contributed by atoms with Crippen LogP contribution in [0.15, 0.2) is 21.3 Å². The Hall–Kier alpha value is 0.210. The van der Waals surface area contributed by atoms with Gasteiger partial charge in [-0.05, 0) is 39.7 Å². The van der Waals surface area contributed by atoms with Crippen LogP contribution in [-0.2, 0) is 0 Å². The molecule has 12 heavy (non-hydrogen) atoms. The van der Waals surface area contributed by atoms with Crippen LogP contribution in [0.3, 0.4) is 0 Å². The standard InChI is InChI=1S/C9H8BrClS/c10-9-5-12-4-8(9)6-1-2-7(11)3-6/h3-5,7H,1-2H2. The van der Waals surface area contributed by atoms with Crippen molar-refractivity contribution in [1.82, 2.24) is 0 Å². The molecule has 0 nitrogen and oxygen atoms in total. The fourth-order valence-corrected chi connectivity index (χ4v) is 3.25. The molecule has 1 aliphatic carbocycles. The Labute approximate surface area is 89.4 Å². The summed E-state index contributed by atoms with van der Waals surface area (Å²) in [6.07, 6.45) is 4.36. The highest BCUT2D eigenvalue weighted by Crippen LogP contribution is 2.36. The summed E-state index contributed by atoms with van der Waals surface area (Å²) in [6, 6.07) is 0. The number of thiophene rings is 1. The van der Waals surface area contributed by atoms with Gasteiger partial charge in [-0.25, -0.2) is 0 Å². The smallest absolute Gasteiger partial charge is 0.0525 e. The average Bonchev–Trinajstić information content (AvgIpc) is 2.58. The summed E-state index contributed by atoms with van der Waals surface area (Å²) in [5, 5.41) is 4.52. The third kappa shape index (κ3) is 1.61. The molecule has 0 bridgehead atoms. The number of halogens is 2. The van der Waals surface area contributed by atoms with Crippen LogP contribution in [-0.4, -0.2) is 5.38 Å². The van der Waals surface area contributed by atoms with Crippen molar-refractivity contribution in [2.75, 3.05) is 0 Å². The van der Waals surface area contributed by atoms with E-state index in [1.807, 2.05) is 0 Å². The van der Waals surface area contributed by atoms with Crippen molar-refractivity contribution >= 4 is 44.4 Å². The molecule has 0 saturated carbocycles. The van der Waals surface area contributed by atoms with E-state index in [1.54, 1.807) is 11.3 Å². The van der Waals surface area contributed by atoms with Crippen molar-refractivity contribution in [3.63, 3.8) is 0 Å². The van der Waals surface area contributed by atoms with Crippen molar-refractivity contribution in [3.05, 3.63) is 26.9 Å². The van der Waals surface area contributed by atoms with Gasteiger partial charge in [-0.1, -0.05) is 6.08 Å². The first kappa shape index (κ1) is 8.79. The Morgan fingerprint density at radius 1 is 1.50 bits per heavy atom. The van der Waals surface area contributed by atoms with Crippen molar-refractivity contribution < 1.29 is 0 Å². The molecular weight excluding hydrogens is 256 g/mol. The second-order valence-corrected chi connectivity index (χ2v) is 5.04. The maximum Gasteiger partial charge on any atom is 0.0525 e. The summed E-state index contributed by atoms with van der Waals surface area (Å²) in [5.41, 5.74) is 2.71. The van der Waals surface area contributed by atoms with Crippen molar-refractivity contribution in [2.24, 2.45) is 0 Å². The van der Waals surface area contributed by atoms with Gasteiger partial charge in [0.25, 0.3) is 0 Å². The van der Waals surface area contributed by atoms with Gasteiger partial charge in [0.1, 0.15) is 0 Å². The lowest BCUT2D eigenvalue weighted by atomic mass is 10.1. The molecule has 0 aliphatic heterocycles. The third-order valence-electron chi connectivity index (χ3n) is 2.03. The second-order valence-electron chi connectivity index (χ2n) is 2.88. The highest BCUT2D eigenvalue weighted by Gasteiger charge is 2.16. The molecule has 0 fully saturated rings. The molecule has 0 N–H and O–H groups in total. The van der Waals surface area contributed by atoms with Gasteiger partial charge >= 0.3 is 0 Å². The van der Waals surface area contributed by atoms with E-state index in [0.29, 0.717) is 0 Å². The summed E-state index contributed by atoms with van der Waals surface area (Å²) in [4.78, 5) is 0. The van der Waals surface area contributed by atoms with Crippen LogP contribution in [0.4, 0.5) is 0 Å². The Morgan fingerprint density at radius 3 is 2.83 bits per heavy atom. The van der Waals surface area contributed by atoms with E-state index >= 15 is 0 Å². The molecule has 1 aromatic heterocycles. The van der Waals surface area contributed by atoms with E-state index in [9.17, 15) is 0 Å². The topological polar surface area (TPSA) is 0 Å². The molecule has 1 atom stereocenters. The van der Waals surface area contributed by atoms with Gasteiger partial charge in [-0.2, -0.15) is 11.3 Å². The van der Waals surface area contributed by atoms with Gasteiger partial charge in [0, 0.05) is 15.4 Å². The summed E-state index contributed by atoms with van der Waals surface area (Å²) < 4.78 is 1.20. The van der Waals surface area contributed by atoms with Crippen LogP contribution < -0.4 is 0 Å². The van der Waals surface area contributed by atoms with E-state index in [1.165, 1.54) is 15.6 Å². The van der Waals surface area contributed by atoms with Crippen LogP contribution in [0.5, 0.6) is 0 Å². The maximum absolute atomic E-state index is 5.99. The third-order valence-corrected chi connectivity index (χ3v) is 4.08. The van der Waals surface area contributed by atoms with E-state index in [-0.39, 0.29) is 5.38 Å². The zero-order valence-electron chi connectivity index (χ0n) is 6.39. The van der Waals surface area contributed by atoms with Gasteiger partial charge in [0.15, 0.2) is 0 Å². The molecule has 0 spiro atoms. The largest absolute Gasteiger partial charge is 0.151 e. The maximum atomic E-state index is 5.99. The summed E-state index contributed by atoms with van der Waals surface area (Å²) in [6.45, 7) is 0. The van der Waals surface area contributed by atoms with E-state index < -0.39 is 0 Å². The predicted octanol–water partition coefficient (Wildman–Crippen LogP) is 4.30. The van der Waals surface area contributed by atoms with Gasteiger partial charge < -0.3 is 0 Å². The Bertz CT molecular complexity index is 316. The highest BCUT2D eigenvalue weighted by atomic mass is 79.9. The Balaban J connectivity index is 2.32. The lowest BCUT2D eigenvalue weighted by Gasteiger charge is -1.97. The number of hydrogen-bond acceptors (Lipinski definition) is 1. The first-order chi connectivity index (χ1) is 5.77. The lowest BCUT2D eigenvalue weighted by molar-refractivity contribution is 0.942. The minimum atomic E-state index is 0.242. The Kier molecular flexibility index (Phi) is 2.58. The minimum absolute atomic E-state index is 0.242. The molecule has 1 heterocycles. The van der Waals surface area contributed by atoms with E-state index in [2.05, 4.69) is 32.8 Å². The van der Waals surface area contributed by atoms with Crippen molar-refractivity contribution in [2.45, 2.75) is 18.2 Å². The van der Waals surface area contributed by atoms with Gasteiger partial charge in [-0.3, -0.25) is 0 Å². The van der Waals surface area contributed by atoms with Crippen molar-refractivity contribution in [1.29, 1.82) is 0 Å². The zero-order valence-corrected chi connectivity index (χ0v) is 9.55. The molecule has 0 amide bonds.